The van der Waals surface area contributed by atoms with E-state index in [2.05, 4.69) is 15.8 Å². The smallest absolute Gasteiger partial charge is 0.257 e. The fourth-order valence-electron chi connectivity index (χ4n) is 1.34. The molecule has 0 atom stereocenters. The summed E-state index contributed by atoms with van der Waals surface area (Å²) in [5, 5.41) is 9.20. The Hall–Kier alpha value is -2.21. The molecule has 18 heavy (non-hydrogen) atoms. The van der Waals surface area contributed by atoms with E-state index in [9.17, 15) is 4.79 Å². The zero-order chi connectivity index (χ0) is 13.0. The number of amides is 1. The number of rotatable bonds is 2. The predicted octanol–water partition coefficient (Wildman–Crippen LogP) is 2.11. The molecule has 2 rings (SSSR count). The van der Waals surface area contributed by atoms with Crippen molar-refractivity contribution in [1.82, 2.24) is 10.5 Å². The molecular formula is C12H11N3O2S. The van der Waals surface area contributed by atoms with Crippen LogP contribution in [0.3, 0.4) is 0 Å². The Morgan fingerprint density at radius 3 is 2.67 bits per heavy atom. The molecule has 0 spiro atoms. The van der Waals surface area contributed by atoms with Gasteiger partial charge in [0.25, 0.3) is 5.91 Å². The van der Waals surface area contributed by atoms with Gasteiger partial charge in [0.2, 0.25) is 0 Å². The minimum atomic E-state index is -0.270. The van der Waals surface area contributed by atoms with Gasteiger partial charge < -0.3 is 9.84 Å². The maximum atomic E-state index is 11.8. The van der Waals surface area contributed by atoms with E-state index in [-0.39, 0.29) is 11.0 Å². The highest BCUT2D eigenvalue weighted by Gasteiger charge is 2.08. The Balaban J connectivity index is 1.94. The van der Waals surface area contributed by atoms with Gasteiger partial charge in [-0.05, 0) is 31.3 Å². The molecule has 1 heterocycles. The molecule has 2 N–H and O–H groups in total. The molecule has 5 nitrogen and oxygen atoms in total. The van der Waals surface area contributed by atoms with Gasteiger partial charge in [0.05, 0.1) is 0 Å². The van der Waals surface area contributed by atoms with Crippen molar-refractivity contribution in [2.75, 3.05) is 5.32 Å². The number of hydrogen-bond donors (Lipinski definition) is 2. The number of carbonyl (C=O) groups is 1. The molecule has 0 saturated heterocycles. The number of hydrogen-bond acceptors (Lipinski definition) is 4. The molecule has 6 heteroatoms. The SMILES string of the molecule is Cc1cc(NC(=S)NC(=O)c2ccccc2)no1. The van der Waals surface area contributed by atoms with Gasteiger partial charge in [0.1, 0.15) is 5.76 Å². The van der Waals surface area contributed by atoms with Gasteiger partial charge in [0, 0.05) is 11.6 Å². The fourth-order valence-corrected chi connectivity index (χ4v) is 1.53. The number of anilines is 1. The molecule has 1 aromatic carbocycles. The van der Waals surface area contributed by atoms with Crippen molar-refractivity contribution < 1.29 is 9.32 Å². The van der Waals surface area contributed by atoms with E-state index in [0.29, 0.717) is 17.1 Å². The zero-order valence-electron chi connectivity index (χ0n) is 9.64. The molecule has 0 saturated carbocycles. The van der Waals surface area contributed by atoms with Crippen molar-refractivity contribution in [1.29, 1.82) is 0 Å². The fraction of sp³-hybridized carbons (Fsp3) is 0.0833. The van der Waals surface area contributed by atoms with Crippen molar-refractivity contribution in [3.8, 4) is 0 Å². The van der Waals surface area contributed by atoms with Crippen LogP contribution in [0.25, 0.3) is 0 Å². The molecule has 1 amide bonds. The standard InChI is InChI=1S/C12H11N3O2S/c1-8-7-10(15-17-8)13-12(18)14-11(16)9-5-3-2-4-6-9/h2-7H,1H3,(H2,13,14,15,16,18). The molecule has 0 fully saturated rings. The summed E-state index contributed by atoms with van der Waals surface area (Å²) in [5.41, 5.74) is 0.540. The normalized spacial score (nSPS) is 9.83. The van der Waals surface area contributed by atoms with Crippen LogP contribution in [-0.2, 0) is 0 Å². The first-order valence-corrected chi connectivity index (χ1v) is 5.66. The average Bonchev–Trinajstić information content (AvgIpc) is 2.75. The van der Waals surface area contributed by atoms with Crippen LogP contribution in [-0.4, -0.2) is 16.2 Å². The van der Waals surface area contributed by atoms with Gasteiger partial charge in [-0.1, -0.05) is 23.4 Å². The molecule has 0 aliphatic rings. The van der Waals surface area contributed by atoms with Crippen LogP contribution in [0, 0.1) is 6.92 Å². The maximum absolute atomic E-state index is 11.8. The van der Waals surface area contributed by atoms with Crippen LogP contribution in [0.4, 0.5) is 5.82 Å². The van der Waals surface area contributed by atoms with Crippen molar-refractivity contribution in [2.45, 2.75) is 6.92 Å². The molecule has 92 valence electrons. The Bertz CT molecular complexity index is 566. The second kappa shape index (κ2) is 5.42. The van der Waals surface area contributed by atoms with E-state index in [0.717, 1.165) is 0 Å². The van der Waals surface area contributed by atoms with Crippen LogP contribution >= 0.6 is 12.2 Å². The zero-order valence-corrected chi connectivity index (χ0v) is 10.5. The summed E-state index contributed by atoms with van der Waals surface area (Å²) in [5.74, 6) is 0.855. The monoisotopic (exact) mass is 261 g/mol. The minimum Gasteiger partial charge on any atom is -0.360 e. The van der Waals surface area contributed by atoms with Gasteiger partial charge in [-0.15, -0.1) is 0 Å². The lowest BCUT2D eigenvalue weighted by atomic mass is 10.2. The summed E-state index contributed by atoms with van der Waals surface area (Å²) >= 11 is 5.00. The van der Waals surface area contributed by atoms with Crippen LogP contribution in [0.2, 0.25) is 0 Å². The highest BCUT2D eigenvalue weighted by Crippen LogP contribution is 2.06. The lowest BCUT2D eigenvalue weighted by Gasteiger charge is -2.06. The number of carbonyl (C=O) groups excluding carboxylic acids is 1. The van der Waals surface area contributed by atoms with E-state index < -0.39 is 0 Å². The average molecular weight is 261 g/mol. The molecular weight excluding hydrogens is 250 g/mol. The molecule has 0 radical (unpaired) electrons. The quantitative estimate of drug-likeness (QED) is 0.810. The number of thiocarbonyl (C=S) groups is 1. The summed E-state index contributed by atoms with van der Waals surface area (Å²) in [6.07, 6.45) is 0. The number of benzene rings is 1. The third-order valence-corrected chi connectivity index (χ3v) is 2.34. The molecule has 2 aromatic rings. The van der Waals surface area contributed by atoms with Crippen molar-refractivity contribution in [2.24, 2.45) is 0 Å². The van der Waals surface area contributed by atoms with Gasteiger partial charge in [0.15, 0.2) is 10.9 Å². The number of aromatic nitrogens is 1. The van der Waals surface area contributed by atoms with Crippen LogP contribution in [0.1, 0.15) is 16.1 Å². The second-order valence-electron chi connectivity index (χ2n) is 3.60. The molecule has 0 aliphatic carbocycles. The number of nitrogens with one attached hydrogen (secondary N) is 2. The largest absolute Gasteiger partial charge is 0.360 e. The summed E-state index contributed by atoms with van der Waals surface area (Å²) in [7, 11) is 0. The van der Waals surface area contributed by atoms with Crippen LogP contribution < -0.4 is 10.6 Å². The highest BCUT2D eigenvalue weighted by molar-refractivity contribution is 7.80. The van der Waals surface area contributed by atoms with Crippen molar-refractivity contribution >= 4 is 29.1 Å². The van der Waals surface area contributed by atoms with Gasteiger partial charge in [-0.3, -0.25) is 10.1 Å². The van der Waals surface area contributed by atoms with Gasteiger partial charge >= 0.3 is 0 Å². The summed E-state index contributed by atoms with van der Waals surface area (Å²) in [6, 6.07) is 10.5. The van der Waals surface area contributed by atoms with Crippen LogP contribution in [0.5, 0.6) is 0 Å². The van der Waals surface area contributed by atoms with Gasteiger partial charge in [-0.25, -0.2) is 0 Å². The summed E-state index contributed by atoms with van der Waals surface area (Å²) in [4.78, 5) is 11.8. The third kappa shape index (κ3) is 3.14. The van der Waals surface area contributed by atoms with E-state index in [1.807, 2.05) is 6.07 Å². The summed E-state index contributed by atoms with van der Waals surface area (Å²) < 4.78 is 4.87. The number of aryl methyl sites for hydroxylation is 1. The van der Waals surface area contributed by atoms with Gasteiger partial charge in [-0.2, -0.15) is 0 Å². The summed E-state index contributed by atoms with van der Waals surface area (Å²) in [6.45, 7) is 1.77. The topological polar surface area (TPSA) is 67.2 Å². The molecule has 1 aromatic heterocycles. The van der Waals surface area contributed by atoms with E-state index in [4.69, 9.17) is 16.7 Å². The predicted molar refractivity (Wildman–Crippen MR) is 71.4 cm³/mol. The Kier molecular flexibility index (Phi) is 3.69. The third-order valence-electron chi connectivity index (χ3n) is 2.13. The van der Waals surface area contributed by atoms with E-state index in [1.165, 1.54) is 0 Å². The first-order chi connectivity index (χ1) is 8.65. The second-order valence-corrected chi connectivity index (χ2v) is 4.01. The van der Waals surface area contributed by atoms with Crippen molar-refractivity contribution in [3.63, 3.8) is 0 Å². The Labute approximate surface area is 109 Å². The highest BCUT2D eigenvalue weighted by atomic mass is 32.1. The number of nitrogens with zero attached hydrogens (tertiary/aromatic N) is 1. The van der Waals surface area contributed by atoms with Crippen molar-refractivity contribution in [3.05, 3.63) is 47.7 Å². The lowest BCUT2D eigenvalue weighted by molar-refractivity contribution is 0.0977. The molecule has 0 unspecified atom stereocenters. The minimum absolute atomic E-state index is 0.178. The molecule has 0 bridgehead atoms. The maximum Gasteiger partial charge on any atom is 0.257 e. The van der Waals surface area contributed by atoms with Crippen LogP contribution in [0.15, 0.2) is 40.9 Å². The first kappa shape index (κ1) is 12.3. The Morgan fingerprint density at radius 2 is 2.06 bits per heavy atom. The lowest BCUT2D eigenvalue weighted by Crippen LogP contribution is -2.34. The van der Waals surface area contributed by atoms with E-state index >= 15 is 0 Å². The Morgan fingerprint density at radius 1 is 1.33 bits per heavy atom. The molecule has 0 aliphatic heterocycles. The van der Waals surface area contributed by atoms with E-state index in [1.54, 1.807) is 37.3 Å². The first-order valence-electron chi connectivity index (χ1n) is 5.26.